The van der Waals surface area contributed by atoms with Gasteiger partial charge in [0.25, 0.3) is 0 Å². The smallest absolute Gasteiger partial charge is 0.0907 e. The molecule has 0 saturated heterocycles. The quantitative estimate of drug-likeness (QED) is 0.593. The van der Waals surface area contributed by atoms with E-state index in [0.717, 1.165) is 16.4 Å². The Balaban J connectivity index is 0.000000521. The number of hydrogen-bond donors (Lipinski definition) is 0. The summed E-state index contributed by atoms with van der Waals surface area (Å²) in [6.07, 6.45) is 1.20. The van der Waals surface area contributed by atoms with E-state index in [4.69, 9.17) is 0 Å². The second kappa shape index (κ2) is 9.93. The maximum atomic E-state index is 4.46. The zero-order valence-electron chi connectivity index (χ0n) is 14.4. The molecule has 1 nitrogen and oxygen atoms in total. The summed E-state index contributed by atoms with van der Waals surface area (Å²) in [4.78, 5) is 4.46. The molecule has 1 aromatic carbocycles. The van der Waals surface area contributed by atoms with E-state index in [-0.39, 0.29) is 0 Å². The van der Waals surface area contributed by atoms with Crippen LogP contribution in [0.1, 0.15) is 71.4 Å². The highest BCUT2D eigenvalue weighted by Gasteiger charge is 2.05. The zero-order valence-corrected chi connectivity index (χ0v) is 15.3. The zero-order chi connectivity index (χ0) is 15.7. The molecular weight excluding hydrogens is 262 g/mol. The van der Waals surface area contributed by atoms with E-state index in [2.05, 4.69) is 64.7 Å². The molecule has 0 N–H and O–H groups in total. The van der Waals surface area contributed by atoms with Crippen LogP contribution >= 0.6 is 11.3 Å². The summed E-state index contributed by atoms with van der Waals surface area (Å²) in [5.74, 6) is 1.49. The van der Waals surface area contributed by atoms with Crippen molar-refractivity contribution in [3.8, 4) is 0 Å². The fraction of sp³-hybridized carbons (Fsp3) is 0.611. The highest BCUT2D eigenvalue weighted by molar-refractivity contribution is 7.18. The Bertz CT molecular complexity index is 482. The van der Waals surface area contributed by atoms with E-state index in [1.54, 1.807) is 11.3 Å². The molecule has 0 amide bonds. The number of aryl methyl sites for hydroxylation is 1. The Morgan fingerprint density at radius 1 is 1.10 bits per heavy atom. The lowest BCUT2D eigenvalue weighted by molar-refractivity contribution is 0.735. The topological polar surface area (TPSA) is 12.9 Å². The van der Waals surface area contributed by atoms with Crippen LogP contribution in [-0.2, 0) is 0 Å². The summed E-state index contributed by atoms with van der Waals surface area (Å²) < 4.78 is 1.32. The molecule has 0 aliphatic carbocycles. The molecule has 20 heavy (non-hydrogen) atoms. The molecule has 0 aliphatic heterocycles. The monoisotopic (exact) mass is 293 g/mol. The Morgan fingerprint density at radius 3 is 2.15 bits per heavy atom. The van der Waals surface area contributed by atoms with Crippen LogP contribution in [-0.4, -0.2) is 4.98 Å². The Labute approximate surface area is 129 Å². The highest BCUT2D eigenvalue weighted by atomic mass is 32.1. The first-order valence-electron chi connectivity index (χ1n) is 7.81. The summed E-state index contributed by atoms with van der Waals surface area (Å²) in [7, 11) is 0. The lowest BCUT2D eigenvalue weighted by atomic mass is 9.99. The van der Waals surface area contributed by atoms with Crippen molar-refractivity contribution in [3.63, 3.8) is 0 Å². The maximum absolute atomic E-state index is 4.46. The molecule has 1 unspecified atom stereocenters. The molecule has 114 valence electrons. The summed E-state index contributed by atoms with van der Waals surface area (Å²) in [5, 5.41) is 1.15. The van der Waals surface area contributed by atoms with E-state index < -0.39 is 0 Å². The van der Waals surface area contributed by atoms with Gasteiger partial charge < -0.3 is 0 Å². The van der Waals surface area contributed by atoms with Crippen LogP contribution in [0.5, 0.6) is 0 Å². The summed E-state index contributed by atoms with van der Waals surface area (Å²) in [6, 6.07) is 6.63. The molecule has 2 heteroatoms. The number of thiazole rings is 1. The third-order valence-corrected chi connectivity index (χ3v) is 3.63. The fourth-order valence-electron chi connectivity index (χ4n) is 1.60. The number of fused-ring (bicyclic) bond motifs is 1. The molecule has 0 bridgehead atoms. The van der Waals surface area contributed by atoms with Gasteiger partial charge in [-0.1, -0.05) is 54.5 Å². The van der Waals surface area contributed by atoms with Crippen LogP contribution in [0.2, 0.25) is 0 Å². The first-order chi connectivity index (χ1) is 9.43. The molecule has 1 atom stereocenters. The van der Waals surface area contributed by atoms with Crippen molar-refractivity contribution in [1.82, 2.24) is 4.98 Å². The van der Waals surface area contributed by atoms with Crippen LogP contribution < -0.4 is 0 Å². The molecule has 1 heterocycles. The first-order valence-corrected chi connectivity index (χ1v) is 8.62. The molecule has 2 aromatic rings. The van der Waals surface area contributed by atoms with Gasteiger partial charge in [-0.25, -0.2) is 4.98 Å². The van der Waals surface area contributed by atoms with Gasteiger partial charge in [0, 0.05) is 0 Å². The van der Waals surface area contributed by atoms with Crippen molar-refractivity contribution >= 4 is 21.6 Å². The summed E-state index contributed by atoms with van der Waals surface area (Å²) in [6.45, 7) is 17.1. The predicted molar refractivity (Wildman–Crippen MR) is 94.9 cm³/mol. The fourth-order valence-corrected chi connectivity index (χ4v) is 2.47. The number of benzene rings is 1. The molecule has 0 saturated carbocycles. The normalized spacial score (nSPS) is 11.4. The molecular formula is C18H31NS. The Morgan fingerprint density at radius 2 is 1.65 bits per heavy atom. The molecule has 0 aliphatic rings. The van der Waals surface area contributed by atoms with Gasteiger partial charge in [-0.3, -0.25) is 0 Å². The molecule has 1 aromatic heterocycles. The van der Waals surface area contributed by atoms with Crippen LogP contribution in [0.3, 0.4) is 0 Å². The Kier molecular flexibility index (Phi) is 9.49. The summed E-state index contributed by atoms with van der Waals surface area (Å²) in [5.41, 5.74) is 2.57. The predicted octanol–water partition coefficient (Wildman–Crippen LogP) is 6.81. The number of aromatic nitrogens is 1. The van der Waals surface area contributed by atoms with Crippen molar-refractivity contribution in [2.45, 2.75) is 67.7 Å². The van der Waals surface area contributed by atoms with Crippen LogP contribution in [0.25, 0.3) is 10.2 Å². The number of hydrogen-bond acceptors (Lipinski definition) is 2. The van der Waals surface area contributed by atoms with E-state index in [9.17, 15) is 0 Å². The standard InChI is InChI=1S/C12H15NS.C4H10.C2H6/c1-4-8(2)10-5-6-11-12(7-10)14-9(3)13-11;1-4(2)3;1-2/h5-8H,4H2,1-3H3;4H,1-3H3;1-2H3. The van der Waals surface area contributed by atoms with Gasteiger partial charge in [0.1, 0.15) is 0 Å². The van der Waals surface area contributed by atoms with Gasteiger partial charge >= 0.3 is 0 Å². The SMILES string of the molecule is CC.CC(C)C.CCC(C)c1ccc2nc(C)sc2c1. The summed E-state index contributed by atoms with van der Waals surface area (Å²) >= 11 is 1.78. The van der Waals surface area contributed by atoms with Gasteiger partial charge in [0.05, 0.1) is 15.2 Å². The van der Waals surface area contributed by atoms with Crippen molar-refractivity contribution in [2.75, 3.05) is 0 Å². The third kappa shape index (κ3) is 6.51. The largest absolute Gasteiger partial charge is 0.242 e. The first kappa shape index (κ1) is 19.1. The lowest BCUT2D eigenvalue weighted by Gasteiger charge is -2.07. The van der Waals surface area contributed by atoms with Crippen LogP contribution in [0.15, 0.2) is 18.2 Å². The van der Waals surface area contributed by atoms with Gasteiger partial charge in [0.2, 0.25) is 0 Å². The van der Waals surface area contributed by atoms with Gasteiger partial charge in [0.15, 0.2) is 0 Å². The second-order valence-corrected chi connectivity index (χ2v) is 6.74. The molecule has 0 spiro atoms. The third-order valence-electron chi connectivity index (χ3n) is 2.70. The van der Waals surface area contributed by atoms with Gasteiger partial charge in [-0.2, -0.15) is 0 Å². The van der Waals surface area contributed by atoms with Crippen molar-refractivity contribution in [3.05, 3.63) is 28.8 Å². The van der Waals surface area contributed by atoms with E-state index in [1.807, 2.05) is 13.8 Å². The van der Waals surface area contributed by atoms with Gasteiger partial charge in [-0.15, -0.1) is 11.3 Å². The van der Waals surface area contributed by atoms with Crippen LogP contribution in [0.4, 0.5) is 0 Å². The van der Waals surface area contributed by atoms with E-state index in [0.29, 0.717) is 5.92 Å². The average Bonchev–Trinajstić information content (AvgIpc) is 2.78. The molecule has 0 radical (unpaired) electrons. The average molecular weight is 294 g/mol. The minimum Gasteiger partial charge on any atom is -0.242 e. The molecule has 2 rings (SSSR count). The van der Waals surface area contributed by atoms with Gasteiger partial charge in [-0.05, 0) is 42.9 Å². The van der Waals surface area contributed by atoms with E-state index in [1.165, 1.54) is 16.7 Å². The minimum absolute atomic E-state index is 0.654. The maximum Gasteiger partial charge on any atom is 0.0907 e. The Hall–Kier alpha value is -0.890. The van der Waals surface area contributed by atoms with Crippen molar-refractivity contribution < 1.29 is 0 Å². The van der Waals surface area contributed by atoms with E-state index >= 15 is 0 Å². The second-order valence-electron chi connectivity index (χ2n) is 5.50. The van der Waals surface area contributed by atoms with Crippen LogP contribution in [0, 0.1) is 12.8 Å². The molecule has 0 fully saturated rings. The number of rotatable bonds is 2. The van der Waals surface area contributed by atoms with Crippen molar-refractivity contribution in [2.24, 2.45) is 5.92 Å². The van der Waals surface area contributed by atoms with Crippen molar-refractivity contribution in [1.29, 1.82) is 0 Å². The minimum atomic E-state index is 0.654. The number of nitrogens with zero attached hydrogens (tertiary/aromatic N) is 1. The lowest BCUT2D eigenvalue weighted by Crippen LogP contribution is -1.89. The highest BCUT2D eigenvalue weighted by Crippen LogP contribution is 2.27.